The maximum Gasteiger partial charge on any atom is 0.340 e. The van der Waals surface area contributed by atoms with E-state index >= 15 is 0 Å². The number of fused-ring (bicyclic) bond motifs is 1. The van der Waals surface area contributed by atoms with Crippen molar-refractivity contribution in [3.63, 3.8) is 0 Å². The van der Waals surface area contributed by atoms with E-state index in [2.05, 4.69) is 6.07 Å². The molecule has 1 aromatic carbocycles. The molecule has 0 amide bonds. The topological polar surface area (TPSA) is 39.4 Å². The van der Waals surface area contributed by atoms with Crippen LogP contribution in [0.5, 0.6) is 5.75 Å². The van der Waals surface area contributed by atoms with Gasteiger partial charge in [0.1, 0.15) is 11.3 Å². The zero-order valence-electron chi connectivity index (χ0n) is 13.5. The van der Waals surface area contributed by atoms with Crippen LogP contribution in [0.2, 0.25) is 0 Å². The molecule has 0 N–H and O–H groups in total. The van der Waals surface area contributed by atoms with Gasteiger partial charge in [-0.05, 0) is 74.5 Å². The highest BCUT2D eigenvalue weighted by Gasteiger charge is 2.52. The van der Waals surface area contributed by atoms with E-state index in [9.17, 15) is 4.79 Å². The van der Waals surface area contributed by atoms with Crippen LogP contribution in [0, 0.1) is 17.8 Å². The molecule has 4 bridgehead atoms. The molecular formula is C20H22O3. The fourth-order valence-electron chi connectivity index (χ4n) is 6.03. The fraction of sp³-hybridized carbons (Fsp3) is 0.550. The minimum Gasteiger partial charge on any atom is -0.497 e. The van der Waals surface area contributed by atoms with Crippen LogP contribution in [-0.2, 0) is 5.41 Å². The summed E-state index contributed by atoms with van der Waals surface area (Å²) in [7, 11) is 1.63. The molecule has 3 nitrogen and oxygen atoms in total. The molecule has 0 unspecified atom stereocenters. The Balaban J connectivity index is 1.65. The molecule has 4 aliphatic rings. The average molecular weight is 310 g/mol. The molecule has 1 aromatic heterocycles. The van der Waals surface area contributed by atoms with Crippen LogP contribution in [0.15, 0.2) is 33.5 Å². The predicted octanol–water partition coefficient (Wildman–Crippen LogP) is 4.27. The highest BCUT2D eigenvalue weighted by atomic mass is 16.5. The minimum atomic E-state index is -0.132. The largest absolute Gasteiger partial charge is 0.497 e. The summed E-state index contributed by atoms with van der Waals surface area (Å²) in [6.07, 6.45) is 7.71. The average Bonchev–Trinajstić information content (AvgIpc) is 2.52. The number of ether oxygens (including phenoxy) is 1. The predicted molar refractivity (Wildman–Crippen MR) is 88.9 cm³/mol. The van der Waals surface area contributed by atoms with E-state index in [-0.39, 0.29) is 11.0 Å². The van der Waals surface area contributed by atoms with Crippen molar-refractivity contribution >= 4 is 11.0 Å². The van der Waals surface area contributed by atoms with Gasteiger partial charge in [0.05, 0.1) is 7.11 Å². The van der Waals surface area contributed by atoms with Gasteiger partial charge in [0, 0.05) is 22.4 Å². The lowest BCUT2D eigenvalue weighted by Gasteiger charge is -2.56. The van der Waals surface area contributed by atoms with Gasteiger partial charge in [-0.2, -0.15) is 0 Å². The summed E-state index contributed by atoms with van der Waals surface area (Å²) in [6.45, 7) is 0. The van der Waals surface area contributed by atoms with Crippen molar-refractivity contribution in [3.8, 4) is 5.75 Å². The number of rotatable bonds is 2. The van der Waals surface area contributed by atoms with Crippen LogP contribution in [0.1, 0.15) is 44.1 Å². The third kappa shape index (κ3) is 1.98. The van der Waals surface area contributed by atoms with E-state index in [4.69, 9.17) is 9.15 Å². The zero-order valence-corrected chi connectivity index (χ0v) is 13.5. The van der Waals surface area contributed by atoms with Gasteiger partial charge in [0.25, 0.3) is 0 Å². The van der Waals surface area contributed by atoms with Gasteiger partial charge >= 0.3 is 5.63 Å². The summed E-state index contributed by atoms with van der Waals surface area (Å²) in [6, 6.07) is 7.85. The summed E-state index contributed by atoms with van der Waals surface area (Å²) in [4.78, 5) is 12.7. The monoisotopic (exact) mass is 310 g/mol. The molecule has 0 spiro atoms. The molecule has 6 rings (SSSR count). The molecule has 0 atom stereocenters. The third-order valence-corrected chi connectivity index (χ3v) is 6.55. The second-order valence-corrected chi connectivity index (χ2v) is 8.05. The van der Waals surface area contributed by atoms with Crippen LogP contribution < -0.4 is 10.4 Å². The van der Waals surface area contributed by atoms with Crippen LogP contribution in [0.25, 0.3) is 11.0 Å². The maximum atomic E-state index is 12.7. The van der Waals surface area contributed by atoms with Crippen molar-refractivity contribution in [1.29, 1.82) is 0 Å². The zero-order chi connectivity index (χ0) is 15.6. The molecular weight excluding hydrogens is 288 g/mol. The molecule has 1 heterocycles. The van der Waals surface area contributed by atoms with E-state index in [1.807, 2.05) is 12.1 Å². The van der Waals surface area contributed by atoms with Crippen LogP contribution in [0.4, 0.5) is 0 Å². The van der Waals surface area contributed by atoms with Gasteiger partial charge in [0.2, 0.25) is 0 Å². The normalized spacial score (nSPS) is 34.9. The Morgan fingerprint density at radius 2 is 1.70 bits per heavy atom. The molecule has 120 valence electrons. The first-order chi connectivity index (χ1) is 11.1. The Hall–Kier alpha value is -1.77. The van der Waals surface area contributed by atoms with Crippen molar-refractivity contribution in [1.82, 2.24) is 0 Å². The molecule has 4 aliphatic carbocycles. The number of hydrogen-bond donors (Lipinski definition) is 0. The molecule has 0 radical (unpaired) electrons. The minimum absolute atomic E-state index is 0.0868. The van der Waals surface area contributed by atoms with E-state index in [1.54, 1.807) is 13.2 Å². The molecule has 4 fully saturated rings. The molecule has 4 saturated carbocycles. The Morgan fingerprint density at radius 3 is 2.30 bits per heavy atom. The fourth-order valence-corrected chi connectivity index (χ4v) is 6.03. The Morgan fingerprint density at radius 1 is 1.04 bits per heavy atom. The summed E-state index contributed by atoms with van der Waals surface area (Å²) < 4.78 is 10.9. The highest BCUT2D eigenvalue weighted by Crippen LogP contribution is 2.60. The van der Waals surface area contributed by atoms with Crippen molar-refractivity contribution < 1.29 is 9.15 Å². The lowest BCUT2D eigenvalue weighted by atomic mass is 9.48. The molecule has 23 heavy (non-hydrogen) atoms. The standard InChI is InChI=1S/C20H22O3/c1-22-16-3-2-15-7-17(19(21)23-18(15)8-16)20-9-12-4-13(10-20)6-14(5-12)11-20/h2-3,7-8,12-14H,4-6,9-11H2,1H3. The van der Waals surface area contributed by atoms with Crippen molar-refractivity contribution in [2.75, 3.05) is 7.11 Å². The Bertz CT molecular complexity index is 797. The Kier molecular flexibility index (Phi) is 2.74. The molecule has 0 saturated heterocycles. The van der Waals surface area contributed by atoms with Gasteiger partial charge in [0.15, 0.2) is 0 Å². The summed E-state index contributed by atoms with van der Waals surface area (Å²) in [5.74, 6) is 3.20. The van der Waals surface area contributed by atoms with Crippen molar-refractivity contribution in [2.24, 2.45) is 17.8 Å². The van der Waals surface area contributed by atoms with Crippen LogP contribution in [0.3, 0.4) is 0 Å². The smallest absolute Gasteiger partial charge is 0.340 e. The first-order valence-electron chi connectivity index (χ1n) is 8.78. The SMILES string of the molecule is COc1ccc2cc(C34CC5CC(CC(C5)C3)C4)c(=O)oc2c1. The summed E-state index contributed by atoms with van der Waals surface area (Å²) >= 11 is 0. The van der Waals surface area contributed by atoms with E-state index in [0.717, 1.165) is 34.5 Å². The van der Waals surface area contributed by atoms with Gasteiger partial charge in [-0.1, -0.05) is 0 Å². The van der Waals surface area contributed by atoms with E-state index in [1.165, 1.54) is 38.5 Å². The van der Waals surface area contributed by atoms with E-state index < -0.39 is 0 Å². The van der Waals surface area contributed by atoms with Crippen LogP contribution >= 0.6 is 0 Å². The molecule has 0 aliphatic heterocycles. The third-order valence-electron chi connectivity index (χ3n) is 6.55. The Labute approximate surface area is 135 Å². The van der Waals surface area contributed by atoms with Gasteiger partial charge in [-0.15, -0.1) is 0 Å². The first-order valence-corrected chi connectivity index (χ1v) is 8.78. The lowest BCUT2D eigenvalue weighted by Crippen LogP contribution is -2.50. The summed E-state index contributed by atoms with van der Waals surface area (Å²) in [5.41, 5.74) is 1.52. The second-order valence-electron chi connectivity index (χ2n) is 8.05. The van der Waals surface area contributed by atoms with E-state index in [0.29, 0.717) is 5.58 Å². The van der Waals surface area contributed by atoms with Gasteiger partial charge in [-0.3, -0.25) is 0 Å². The lowest BCUT2D eigenvalue weighted by molar-refractivity contribution is -0.00651. The number of benzene rings is 1. The van der Waals surface area contributed by atoms with Crippen molar-refractivity contribution in [2.45, 2.75) is 43.9 Å². The summed E-state index contributed by atoms with van der Waals surface area (Å²) in [5, 5.41) is 1.01. The molecule has 2 aromatic rings. The first kappa shape index (κ1) is 13.6. The number of hydrogen-bond acceptors (Lipinski definition) is 3. The van der Waals surface area contributed by atoms with Gasteiger partial charge < -0.3 is 9.15 Å². The second kappa shape index (κ2) is 4.62. The van der Waals surface area contributed by atoms with Crippen molar-refractivity contribution in [3.05, 3.63) is 40.2 Å². The van der Waals surface area contributed by atoms with Crippen LogP contribution in [-0.4, -0.2) is 7.11 Å². The van der Waals surface area contributed by atoms with Gasteiger partial charge in [-0.25, -0.2) is 4.79 Å². The highest BCUT2D eigenvalue weighted by molar-refractivity contribution is 5.78. The quantitative estimate of drug-likeness (QED) is 0.778. The number of methoxy groups -OCH3 is 1. The molecule has 3 heteroatoms. The maximum absolute atomic E-state index is 12.7.